The first kappa shape index (κ1) is 19.2. The molecule has 1 aliphatic carbocycles. The second kappa shape index (κ2) is 6.23. The van der Waals surface area contributed by atoms with E-state index >= 15 is 0 Å². The van der Waals surface area contributed by atoms with E-state index in [9.17, 15) is 10.5 Å². The summed E-state index contributed by atoms with van der Waals surface area (Å²) in [6, 6.07) is 12.2. The molecule has 1 heterocycles. The third kappa shape index (κ3) is 1.79. The van der Waals surface area contributed by atoms with Crippen LogP contribution in [-0.2, 0) is 14.9 Å². The zero-order chi connectivity index (χ0) is 19.9. The number of benzene rings is 1. The molecule has 27 heavy (non-hydrogen) atoms. The maximum atomic E-state index is 10.4. The minimum absolute atomic E-state index is 0.214. The highest BCUT2D eigenvalue weighted by atomic mass is 16.7. The summed E-state index contributed by atoms with van der Waals surface area (Å²) in [5, 5.41) is 20.7. The topological polar surface area (TPSA) is 115 Å². The van der Waals surface area contributed by atoms with Gasteiger partial charge in [0.1, 0.15) is 5.75 Å². The Kier molecular flexibility index (Phi) is 4.42. The smallest absolute Gasteiger partial charge is 0.343 e. The fourth-order valence-corrected chi connectivity index (χ4v) is 5.22. The zero-order valence-electron chi connectivity index (χ0n) is 16.1. The number of nitrogens with zero attached hydrogens (tertiary/aromatic N) is 2. The van der Waals surface area contributed by atoms with Crippen molar-refractivity contribution in [1.82, 2.24) is 0 Å². The van der Waals surface area contributed by atoms with E-state index in [0.717, 1.165) is 5.56 Å². The molecule has 1 aliphatic heterocycles. The van der Waals surface area contributed by atoms with Crippen LogP contribution in [0.15, 0.2) is 24.3 Å². The normalized spacial score (nSPS) is 32.7. The van der Waals surface area contributed by atoms with Gasteiger partial charge in [-0.05, 0) is 38.0 Å². The van der Waals surface area contributed by atoms with E-state index in [1.165, 1.54) is 0 Å². The van der Waals surface area contributed by atoms with E-state index in [1.807, 2.05) is 45.0 Å². The molecular weight excluding hydrogens is 344 g/mol. The largest absolute Gasteiger partial charge is 0.497 e. The number of fused-ring (bicyclic) bond motifs is 1. The number of nitrogens with one attached hydrogen (secondary N) is 1. The molecule has 0 radical (unpaired) electrons. The van der Waals surface area contributed by atoms with Gasteiger partial charge in [-0.15, -0.1) is 0 Å². The molecule has 142 valence electrons. The number of amidine groups is 1. The van der Waals surface area contributed by atoms with Crippen LogP contribution >= 0.6 is 0 Å². The third-order valence-corrected chi connectivity index (χ3v) is 6.12. The minimum Gasteiger partial charge on any atom is -0.497 e. The Hall–Kier alpha value is -2.61. The van der Waals surface area contributed by atoms with Crippen molar-refractivity contribution in [2.45, 2.75) is 38.5 Å². The number of nitriles is 2. The molecule has 1 aromatic rings. The summed E-state index contributed by atoms with van der Waals surface area (Å²) in [4.78, 5) is 3.01. The van der Waals surface area contributed by atoms with Crippen LogP contribution in [-0.4, -0.2) is 32.1 Å². The van der Waals surface area contributed by atoms with Gasteiger partial charge in [0.05, 0.1) is 37.9 Å². The highest BCUT2D eigenvalue weighted by Gasteiger charge is 3.03. The first-order chi connectivity index (χ1) is 13.0. The molecule has 3 N–H and O–H groups in total. The Morgan fingerprint density at radius 3 is 2.04 bits per heavy atom. The predicted molar refractivity (Wildman–Crippen MR) is 97.2 cm³/mol. The molecule has 0 spiro atoms. The zero-order valence-corrected chi connectivity index (χ0v) is 16.1. The van der Waals surface area contributed by atoms with E-state index in [4.69, 9.17) is 19.9 Å². The second-order valence-corrected chi connectivity index (χ2v) is 6.73. The SMILES string of the molecule is CCOC1(OCC)[NH+]=C(N)[C@@]2(C#N)[C@@](CC)(c3ccc(OC)cc3)[C@@]12C#N. The molecule has 7 nitrogen and oxygen atoms in total. The molecule has 0 saturated heterocycles. The van der Waals surface area contributed by atoms with Crippen LogP contribution in [0.5, 0.6) is 5.75 Å². The first-order valence-corrected chi connectivity index (χ1v) is 9.13. The van der Waals surface area contributed by atoms with Crippen molar-refractivity contribution in [2.24, 2.45) is 16.6 Å². The van der Waals surface area contributed by atoms with Gasteiger partial charge in [-0.1, -0.05) is 19.1 Å². The van der Waals surface area contributed by atoms with Crippen LogP contribution in [0.3, 0.4) is 0 Å². The Morgan fingerprint density at radius 2 is 1.63 bits per heavy atom. The summed E-state index contributed by atoms with van der Waals surface area (Å²) in [5.41, 5.74) is 3.74. The summed E-state index contributed by atoms with van der Waals surface area (Å²) in [6.07, 6.45) is 0.519. The molecule has 1 aromatic carbocycles. The van der Waals surface area contributed by atoms with Crippen LogP contribution in [0.25, 0.3) is 0 Å². The monoisotopic (exact) mass is 369 g/mol. The predicted octanol–water partition coefficient (Wildman–Crippen LogP) is 0.555. The van der Waals surface area contributed by atoms with E-state index in [0.29, 0.717) is 25.4 Å². The van der Waals surface area contributed by atoms with Crippen molar-refractivity contribution >= 4 is 5.84 Å². The molecule has 0 aromatic heterocycles. The molecule has 3 atom stereocenters. The lowest BCUT2D eigenvalue weighted by atomic mass is 9.80. The number of hydrogen-bond acceptors (Lipinski definition) is 6. The lowest BCUT2D eigenvalue weighted by Crippen LogP contribution is -2.91. The molecule has 0 bridgehead atoms. The number of hydrogen-bond donors (Lipinski definition) is 2. The van der Waals surface area contributed by atoms with Crippen molar-refractivity contribution in [3.63, 3.8) is 0 Å². The van der Waals surface area contributed by atoms with Crippen molar-refractivity contribution in [3.8, 4) is 17.9 Å². The number of methoxy groups -OCH3 is 1. The van der Waals surface area contributed by atoms with Crippen molar-refractivity contribution in [1.29, 1.82) is 10.5 Å². The van der Waals surface area contributed by atoms with Crippen LogP contribution in [0.2, 0.25) is 0 Å². The van der Waals surface area contributed by atoms with Gasteiger partial charge in [-0.25, -0.2) is 4.99 Å². The minimum atomic E-state index is -1.49. The second-order valence-electron chi connectivity index (χ2n) is 6.73. The Labute approximate surface area is 159 Å². The first-order valence-electron chi connectivity index (χ1n) is 9.13. The summed E-state index contributed by atoms with van der Waals surface area (Å²) < 4.78 is 17.2. The molecule has 2 aliphatic rings. The lowest BCUT2D eigenvalue weighted by Gasteiger charge is -2.33. The quantitative estimate of drug-likeness (QED) is 0.679. The van der Waals surface area contributed by atoms with Gasteiger partial charge in [0.15, 0.2) is 10.8 Å². The summed E-state index contributed by atoms with van der Waals surface area (Å²) in [5.74, 6) is -0.573. The van der Waals surface area contributed by atoms with Gasteiger partial charge < -0.3 is 14.2 Å². The van der Waals surface area contributed by atoms with E-state index in [2.05, 4.69) is 17.1 Å². The fraction of sp³-hybridized carbons (Fsp3) is 0.550. The van der Waals surface area contributed by atoms with Gasteiger partial charge in [-0.2, -0.15) is 10.5 Å². The van der Waals surface area contributed by atoms with E-state index < -0.39 is 22.2 Å². The van der Waals surface area contributed by atoms with E-state index in [1.54, 1.807) is 7.11 Å². The van der Waals surface area contributed by atoms with Gasteiger partial charge in [0.2, 0.25) is 0 Å². The molecule has 1 fully saturated rings. The average molecular weight is 369 g/mol. The summed E-state index contributed by atoms with van der Waals surface area (Å²) in [6.45, 7) is 6.19. The van der Waals surface area contributed by atoms with Gasteiger partial charge in [0.25, 0.3) is 5.84 Å². The van der Waals surface area contributed by atoms with Crippen LogP contribution < -0.4 is 15.5 Å². The lowest BCUT2D eigenvalue weighted by molar-refractivity contribution is -0.694. The Balaban J connectivity index is 2.31. The van der Waals surface area contributed by atoms with Gasteiger partial charge >= 0.3 is 5.91 Å². The maximum absolute atomic E-state index is 10.4. The molecule has 0 unspecified atom stereocenters. The van der Waals surface area contributed by atoms with Crippen molar-refractivity contribution < 1.29 is 19.2 Å². The summed E-state index contributed by atoms with van der Waals surface area (Å²) >= 11 is 0. The third-order valence-electron chi connectivity index (χ3n) is 6.12. The van der Waals surface area contributed by atoms with E-state index in [-0.39, 0.29) is 5.84 Å². The Morgan fingerprint density at radius 1 is 1.04 bits per heavy atom. The number of nitrogens with two attached hydrogens (primary N) is 1. The number of ether oxygens (including phenoxy) is 3. The molecule has 1 saturated carbocycles. The van der Waals surface area contributed by atoms with Crippen LogP contribution in [0, 0.1) is 33.5 Å². The van der Waals surface area contributed by atoms with Crippen molar-refractivity contribution in [3.05, 3.63) is 29.8 Å². The average Bonchev–Trinajstić information content (AvgIpc) is 3.19. The van der Waals surface area contributed by atoms with Gasteiger partial charge in [-0.3, -0.25) is 5.73 Å². The van der Waals surface area contributed by atoms with Crippen molar-refractivity contribution in [2.75, 3.05) is 20.3 Å². The summed E-state index contributed by atoms with van der Waals surface area (Å²) in [7, 11) is 1.59. The molecule has 0 amide bonds. The Bertz CT molecular complexity index is 847. The molecule has 7 heteroatoms. The number of rotatable bonds is 7. The standard InChI is InChI=1S/C20H24N4O3/c1-5-17(14-8-10-15(25-4)11-9-14)18(12-21)16(23)24-20(26-6-2,27-7-3)19(17,18)13-22/h8-11H,5-7H2,1-4H3,(H2,23,24)/p+1/t17-,18+,19-/m1/s1. The van der Waals surface area contributed by atoms with Crippen LogP contribution in [0.1, 0.15) is 32.8 Å². The maximum Gasteiger partial charge on any atom is 0.343 e. The van der Waals surface area contributed by atoms with Gasteiger partial charge in [0, 0.05) is 0 Å². The molecule has 3 rings (SSSR count). The highest BCUT2D eigenvalue weighted by molar-refractivity contribution is 5.97. The highest BCUT2D eigenvalue weighted by Crippen LogP contribution is 2.83. The fourth-order valence-electron chi connectivity index (χ4n) is 5.22. The molecular formula is C20H25N4O3+. The van der Waals surface area contributed by atoms with Crippen LogP contribution in [0.4, 0.5) is 0 Å².